The highest BCUT2D eigenvalue weighted by Gasteiger charge is 2.18. The van der Waals surface area contributed by atoms with Crippen molar-refractivity contribution in [2.45, 2.75) is 25.8 Å². The monoisotopic (exact) mass is 489 g/mol. The molecular formula is C33H35N3O. The first-order chi connectivity index (χ1) is 18.1. The first kappa shape index (κ1) is 23.7. The van der Waals surface area contributed by atoms with E-state index in [4.69, 9.17) is 4.74 Å². The Morgan fingerprint density at radius 2 is 1.81 bits per heavy atom. The molecule has 0 atom stereocenters. The van der Waals surface area contributed by atoms with Gasteiger partial charge in [0.05, 0.1) is 19.8 Å². The van der Waals surface area contributed by atoms with Crippen LogP contribution < -0.4 is 4.90 Å². The SMILES string of the molecule is C=C1CCCN(C(=C)c2cccc(Cc3cc(-c4cccc5c4C=NC5)cc(N4CCOCC4)c3)c2)C1. The van der Waals surface area contributed by atoms with Crippen LogP contribution in [-0.4, -0.2) is 50.5 Å². The molecule has 0 unspecified atom stereocenters. The lowest BCUT2D eigenvalue weighted by molar-refractivity contribution is 0.122. The Morgan fingerprint density at radius 1 is 0.946 bits per heavy atom. The fourth-order valence-electron chi connectivity index (χ4n) is 5.78. The summed E-state index contributed by atoms with van der Waals surface area (Å²) in [5.41, 5.74) is 12.6. The average molecular weight is 490 g/mol. The minimum Gasteiger partial charge on any atom is -0.378 e. The van der Waals surface area contributed by atoms with Crippen LogP contribution >= 0.6 is 0 Å². The molecule has 0 N–H and O–H groups in total. The van der Waals surface area contributed by atoms with Crippen LogP contribution in [-0.2, 0) is 17.7 Å². The van der Waals surface area contributed by atoms with Crippen LogP contribution in [0.4, 0.5) is 5.69 Å². The van der Waals surface area contributed by atoms with Crippen molar-refractivity contribution >= 4 is 17.6 Å². The maximum Gasteiger partial charge on any atom is 0.0646 e. The molecule has 4 heteroatoms. The molecule has 2 saturated heterocycles. The second-order valence-electron chi connectivity index (χ2n) is 10.4. The molecular weight excluding hydrogens is 454 g/mol. The van der Waals surface area contributed by atoms with E-state index in [1.807, 2.05) is 6.21 Å². The van der Waals surface area contributed by atoms with Crippen LogP contribution in [0.15, 0.2) is 84.4 Å². The molecule has 3 aromatic carbocycles. The van der Waals surface area contributed by atoms with Crippen molar-refractivity contribution in [2.24, 2.45) is 4.99 Å². The van der Waals surface area contributed by atoms with Crippen LogP contribution in [0.25, 0.3) is 16.8 Å². The van der Waals surface area contributed by atoms with Crippen molar-refractivity contribution in [3.8, 4) is 11.1 Å². The Morgan fingerprint density at radius 3 is 2.68 bits per heavy atom. The average Bonchev–Trinajstić information content (AvgIpc) is 3.42. The zero-order chi connectivity index (χ0) is 25.2. The third-order valence-corrected chi connectivity index (χ3v) is 7.77. The van der Waals surface area contributed by atoms with Gasteiger partial charge in [0.1, 0.15) is 0 Å². The second-order valence-corrected chi connectivity index (χ2v) is 10.4. The van der Waals surface area contributed by atoms with Crippen molar-refractivity contribution in [1.82, 2.24) is 4.90 Å². The third-order valence-electron chi connectivity index (χ3n) is 7.77. The minimum absolute atomic E-state index is 0.778. The number of benzene rings is 3. The molecule has 0 radical (unpaired) electrons. The van der Waals surface area contributed by atoms with Crippen LogP contribution in [0.1, 0.15) is 40.7 Å². The minimum atomic E-state index is 0.778. The number of rotatable bonds is 6. The number of hydrogen-bond donors (Lipinski definition) is 0. The first-order valence-corrected chi connectivity index (χ1v) is 13.4. The zero-order valence-electron chi connectivity index (χ0n) is 21.6. The molecule has 37 heavy (non-hydrogen) atoms. The summed E-state index contributed by atoms with van der Waals surface area (Å²) in [7, 11) is 0. The molecule has 0 bridgehead atoms. The van der Waals surface area contributed by atoms with Gasteiger partial charge >= 0.3 is 0 Å². The summed E-state index contributed by atoms with van der Waals surface area (Å²) in [6, 6.07) is 22.6. The van der Waals surface area contributed by atoms with Crippen LogP contribution in [0.5, 0.6) is 0 Å². The molecule has 0 aromatic heterocycles. The summed E-state index contributed by atoms with van der Waals surface area (Å²) in [5.74, 6) is 0. The lowest BCUT2D eigenvalue weighted by Gasteiger charge is -2.32. The molecule has 3 aliphatic heterocycles. The smallest absolute Gasteiger partial charge is 0.0646 e. The maximum absolute atomic E-state index is 5.64. The molecule has 3 aromatic rings. The summed E-state index contributed by atoms with van der Waals surface area (Å²) in [4.78, 5) is 9.37. The lowest BCUT2D eigenvalue weighted by Crippen LogP contribution is -2.36. The van der Waals surface area contributed by atoms with E-state index in [0.29, 0.717) is 0 Å². The zero-order valence-corrected chi connectivity index (χ0v) is 21.6. The summed E-state index contributed by atoms with van der Waals surface area (Å²) in [6.45, 7) is 14.8. The van der Waals surface area contributed by atoms with E-state index in [0.717, 1.165) is 70.9 Å². The van der Waals surface area contributed by atoms with Gasteiger partial charge in [-0.25, -0.2) is 0 Å². The number of ether oxygens (including phenoxy) is 1. The predicted molar refractivity (Wildman–Crippen MR) is 154 cm³/mol. The topological polar surface area (TPSA) is 28.1 Å². The van der Waals surface area contributed by atoms with Crippen molar-refractivity contribution in [2.75, 3.05) is 44.3 Å². The Balaban J connectivity index is 1.33. The van der Waals surface area contributed by atoms with Gasteiger partial charge in [-0.1, -0.05) is 61.2 Å². The summed E-state index contributed by atoms with van der Waals surface area (Å²) < 4.78 is 5.64. The highest BCUT2D eigenvalue weighted by atomic mass is 16.5. The molecule has 0 aliphatic carbocycles. The van der Waals surface area contributed by atoms with Crippen LogP contribution in [0.3, 0.4) is 0 Å². The van der Waals surface area contributed by atoms with E-state index in [1.54, 1.807) is 0 Å². The highest BCUT2D eigenvalue weighted by Crippen LogP contribution is 2.33. The highest BCUT2D eigenvalue weighted by molar-refractivity contribution is 5.94. The van der Waals surface area contributed by atoms with Gasteiger partial charge in [0, 0.05) is 49.3 Å². The summed E-state index contributed by atoms with van der Waals surface area (Å²) >= 11 is 0. The van der Waals surface area contributed by atoms with E-state index < -0.39 is 0 Å². The van der Waals surface area contributed by atoms with E-state index in [-0.39, 0.29) is 0 Å². The maximum atomic E-state index is 5.64. The molecule has 0 amide bonds. The van der Waals surface area contributed by atoms with Crippen LogP contribution in [0.2, 0.25) is 0 Å². The summed E-state index contributed by atoms with van der Waals surface area (Å²) in [5, 5.41) is 0. The third kappa shape index (κ3) is 5.12. The Bertz CT molecular complexity index is 1370. The second kappa shape index (κ2) is 10.4. The molecule has 3 heterocycles. The fourth-order valence-corrected chi connectivity index (χ4v) is 5.78. The number of piperidine rings is 1. The Labute approximate surface area is 220 Å². The lowest BCUT2D eigenvalue weighted by atomic mass is 9.93. The van der Waals surface area contributed by atoms with Gasteiger partial charge < -0.3 is 14.5 Å². The molecule has 6 rings (SSSR count). The first-order valence-electron chi connectivity index (χ1n) is 13.4. The van der Waals surface area contributed by atoms with Gasteiger partial charge in [-0.3, -0.25) is 4.99 Å². The standard InChI is InChI=1S/C33H35N3O/c1-24-6-5-11-36(23-24)25(2)28-8-3-7-26(17-28)16-27-18-30(20-31(19-27)35-12-14-37-15-13-35)32-10-4-9-29-21-34-22-33(29)32/h3-4,7-10,17-20,22H,1-2,5-6,11-16,21,23H2. The molecule has 3 aliphatic rings. The quantitative estimate of drug-likeness (QED) is 0.379. The molecule has 188 valence electrons. The number of likely N-dealkylation sites (tertiary alicyclic amines) is 1. The van der Waals surface area contributed by atoms with Gasteiger partial charge in [-0.05, 0) is 70.8 Å². The molecule has 0 saturated carbocycles. The van der Waals surface area contributed by atoms with Crippen molar-refractivity contribution in [3.63, 3.8) is 0 Å². The number of morpholine rings is 1. The van der Waals surface area contributed by atoms with Crippen molar-refractivity contribution in [3.05, 3.63) is 107 Å². The van der Waals surface area contributed by atoms with Crippen molar-refractivity contribution in [1.29, 1.82) is 0 Å². The van der Waals surface area contributed by atoms with E-state index in [1.165, 1.54) is 50.2 Å². The van der Waals surface area contributed by atoms with E-state index in [2.05, 4.69) is 88.6 Å². The number of aliphatic imine (C=N–C) groups is 1. The van der Waals surface area contributed by atoms with Gasteiger partial charge in [0.25, 0.3) is 0 Å². The number of fused-ring (bicyclic) bond motifs is 1. The fraction of sp³-hybridized carbons (Fsp3) is 0.303. The Kier molecular flexibility index (Phi) is 6.67. The number of nitrogens with zero attached hydrogens (tertiary/aromatic N) is 3. The molecule has 4 nitrogen and oxygen atoms in total. The summed E-state index contributed by atoms with van der Waals surface area (Å²) in [6.07, 6.45) is 5.20. The van der Waals surface area contributed by atoms with E-state index >= 15 is 0 Å². The van der Waals surface area contributed by atoms with Crippen molar-refractivity contribution < 1.29 is 4.74 Å². The molecule has 0 spiro atoms. The van der Waals surface area contributed by atoms with Gasteiger partial charge in [-0.2, -0.15) is 0 Å². The molecule has 2 fully saturated rings. The van der Waals surface area contributed by atoms with Crippen LogP contribution in [0, 0.1) is 0 Å². The van der Waals surface area contributed by atoms with E-state index in [9.17, 15) is 0 Å². The number of anilines is 1. The normalized spacial score (nSPS) is 17.2. The van der Waals surface area contributed by atoms with Gasteiger partial charge in [-0.15, -0.1) is 0 Å². The largest absolute Gasteiger partial charge is 0.378 e. The Hall–Kier alpha value is -3.63. The number of hydrogen-bond acceptors (Lipinski definition) is 4. The van der Waals surface area contributed by atoms with Gasteiger partial charge in [0.2, 0.25) is 0 Å². The van der Waals surface area contributed by atoms with Gasteiger partial charge in [0.15, 0.2) is 0 Å². The predicted octanol–water partition coefficient (Wildman–Crippen LogP) is 6.34.